The van der Waals surface area contributed by atoms with E-state index in [0.717, 1.165) is 19.3 Å². The van der Waals surface area contributed by atoms with Gasteiger partial charge in [0.25, 0.3) is 0 Å². The zero-order chi connectivity index (χ0) is 16.7. The summed E-state index contributed by atoms with van der Waals surface area (Å²) in [6.45, 7) is 8.23. The van der Waals surface area contributed by atoms with Crippen LogP contribution in [0, 0.1) is 17.0 Å². The predicted octanol–water partition coefficient (Wildman–Crippen LogP) is 4.52. The molecule has 1 aliphatic heterocycles. The van der Waals surface area contributed by atoms with Crippen LogP contribution in [-0.2, 0) is 15.7 Å². The van der Waals surface area contributed by atoms with Gasteiger partial charge in [-0.2, -0.15) is 0 Å². The fraction of sp³-hybridized carbons (Fsp3) is 0.667. The van der Waals surface area contributed by atoms with E-state index < -0.39 is 11.6 Å². The van der Waals surface area contributed by atoms with Gasteiger partial charge in [-0.15, -0.1) is 0 Å². The molecule has 2 nitrogen and oxygen atoms in total. The molecule has 0 aromatic heterocycles. The van der Waals surface area contributed by atoms with E-state index in [1.54, 1.807) is 0 Å². The molecule has 5 rings (SSSR count). The van der Waals surface area contributed by atoms with Crippen LogP contribution >= 0.6 is 0 Å². The lowest BCUT2D eigenvalue weighted by atomic mass is 9.23. The minimum Gasteiger partial charge on any atom is -0.403 e. The van der Waals surface area contributed by atoms with Crippen LogP contribution in [0.4, 0.5) is 8.78 Å². The standard InChI is InChI=1S/C18H23BF2O2/c1-15(2)16(3,4)23-19(22-15)18-9-17(10-18,11-18)8-12-13(20)6-5-7-14(12)21/h5-7H,8-11H2,1-4H3. The van der Waals surface area contributed by atoms with Crippen LogP contribution in [0.15, 0.2) is 18.2 Å². The third kappa shape index (κ3) is 2.05. The topological polar surface area (TPSA) is 18.5 Å². The molecular weight excluding hydrogens is 297 g/mol. The largest absolute Gasteiger partial charge is 0.464 e. The first kappa shape index (κ1) is 15.6. The van der Waals surface area contributed by atoms with Gasteiger partial charge in [-0.1, -0.05) is 6.07 Å². The first-order valence-electron chi connectivity index (χ1n) is 8.37. The van der Waals surface area contributed by atoms with E-state index in [1.165, 1.54) is 18.2 Å². The Morgan fingerprint density at radius 1 is 0.957 bits per heavy atom. The molecule has 1 saturated heterocycles. The summed E-state index contributed by atoms with van der Waals surface area (Å²) in [6, 6.07) is 4.10. The number of halogens is 2. The van der Waals surface area contributed by atoms with Crippen LogP contribution < -0.4 is 0 Å². The third-order valence-corrected chi connectivity index (χ3v) is 6.55. The lowest BCUT2D eigenvalue weighted by Crippen LogP contribution is -2.64. The molecule has 3 aliphatic carbocycles. The van der Waals surface area contributed by atoms with Gasteiger partial charge >= 0.3 is 7.12 Å². The summed E-state index contributed by atoms with van der Waals surface area (Å²) >= 11 is 0. The Balaban J connectivity index is 1.46. The van der Waals surface area contributed by atoms with E-state index in [2.05, 4.69) is 27.7 Å². The van der Waals surface area contributed by atoms with Gasteiger partial charge in [0.2, 0.25) is 0 Å². The molecule has 4 aliphatic rings. The summed E-state index contributed by atoms with van der Waals surface area (Å²) in [5, 5.41) is 0.0484. The maximum atomic E-state index is 13.9. The number of rotatable bonds is 3. The normalized spacial score (nSPS) is 36.5. The summed E-state index contributed by atoms with van der Waals surface area (Å²) in [7, 11) is -0.195. The average molecular weight is 320 g/mol. The van der Waals surface area contributed by atoms with Gasteiger partial charge in [0, 0.05) is 10.9 Å². The molecule has 1 heterocycles. The second-order valence-corrected chi connectivity index (χ2v) is 8.86. The highest BCUT2D eigenvalue weighted by atomic mass is 19.1. The Labute approximate surface area is 136 Å². The van der Waals surface area contributed by atoms with Gasteiger partial charge in [0.1, 0.15) is 11.6 Å². The molecule has 0 N–H and O–H groups in total. The highest BCUT2D eigenvalue weighted by Crippen LogP contribution is 2.81. The molecule has 3 saturated carbocycles. The zero-order valence-electron chi connectivity index (χ0n) is 14.2. The van der Waals surface area contributed by atoms with Crippen LogP contribution in [0.5, 0.6) is 0 Å². The van der Waals surface area contributed by atoms with Crippen molar-refractivity contribution in [1.29, 1.82) is 0 Å². The van der Waals surface area contributed by atoms with E-state index >= 15 is 0 Å². The fourth-order valence-corrected chi connectivity index (χ4v) is 4.69. The molecule has 5 heteroatoms. The highest BCUT2D eigenvalue weighted by molar-refractivity contribution is 6.51. The molecule has 1 aromatic rings. The number of benzene rings is 1. The Hall–Kier alpha value is -0.935. The van der Waals surface area contributed by atoms with Crippen molar-refractivity contribution in [2.75, 3.05) is 0 Å². The van der Waals surface area contributed by atoms with Crippen molar-refractivity contribution in [3.8, 4) is 0 Å². The van der Waals surface area contributed by atoms with Crippen molar-refractivity contribution >= 4 is 7.12 Å². The Kier molecular flexibility index (Phi) is 2.96. The molecule has 0 spiro atoms. The second-order valence-electron chi connectivity index (χ2n) is 8.86. The second kappa shape index (κ2) is 4.37. The van der Waals surface area contributed by atoms with Crippen LogP contribution in [0.1, 0.15) is 52.5 Å². The number of hydrogen-bond acceptors (Lipinski definition) is 2. The summed E-state index contributed by atoms with van der Waals surface area (Å²) < 4.78 is 40.1. The monoisotopic (exact) mass is 320 g/mol. The van der Waals surface area contributed by atoms with Gasteiger partial charge in [-0.3, -0.25) is 0 Å². The molecule has 0 unspecified atom stereocenters. The average Bonchev–Trinajstić information content (AvgIpc) is 2.54. The van der Waals surface area contributed by atoms with Crippen molar-refractivity contribution in [3.63, 3.8) is 0 Å². The van der Waals surface area contributed by atoms with Crippen molar-refractivity contribution in [3.05, 3.63) is 35.4 Å². The minimum absolute atomic E-state index is 0.0344. The smallest absolute Gasteiger partial charge is 0.403 e. The van der Waals surface area contributed by atoms with Gasteiger partial charge in [-0.05, 0) is 70.9 Å². The third-order valence-electron chi connectivity index (χ3n) is 6.55. The Bertz CT molecular complexity index is 615. The maximum Gasteiger partial charge on any atom is 0.464 e. The molecule has 0 atom stereocenters. The zero-order valence-corrected chi connectivity index (χ0v) is 14.2. The van der Waals surface area contributed by atoms with Gasteiger partial charge in [0.15, 0.2) is 0 Å². The molecule has 4 fully saturated rings. The molecule has 0 amide bonds. The van der Waals surface area contributed by atoms with Crippen LogP contribution in [0.2, 0.25) is 5.31 Å². The summed E-state index contributed by atoms with van der Waals surface area (Å²) in [5.74, 6) is -0.862. The van der Waals surface area contributed by atoms with E-state index in [0.29, 0.717) is 6.42 Å². The summed E-state index contributed by atoms with van der Waals surface area (Å²) in [4.78, 5) is 0. The molecule has 1 aromatic carbocycles. The molecule has 124 valence electrons. The minimum atomic E-state index is -0.431. The lowest BCUT2D eigenvalue weighted by molar-refractivity contribution is -0.110. The predicted molar refractivity (Wildman–Crippen MR) is 85.1 cm³/mol. The van der Waals surface area contributed by atoms with Crippen molar-refractivity contribution in [2.24, 2.45) is 5.41 Å². The Morgan fingerprint density at radius 2 is 1.43 bits per heavy atom. The molecular formula is C18H23BF2O2. The number of hydrogen-bond donors (Lipinski definition) is 0. The fourth-order valence-electron chi connectivity index (χ4n) is 4.69. The first-order valence-corrected chi connectivity index (χ1v) is 8.37. The van der Waals surface area contributed by atoms with Gasteiger partial charge < -0.3 is 9.31 Å². The molecule has 23 heavy (non-hydrogen) atoms. The SMILES string of the molecule is CC1(C)OB(C23CC(Cc4c(F)cccc4F)(C2)C3)OC1(C)C. The van der Waals surface area contributed by atoms with Gasteiger partial charge in [0.05, 0.1) is 11.2 Å². The van der Waals surface area contributed by atoms with Crippen LogP contribution in [0.3, 0.4) is 0 Å². The Morgan fingerprint density at radius 3 is 1.91 bits per heavy atom. The van der Waals surface area contributed by atoms with Gasteiger partial charge in [-0.25, -0.2) is 8.78 Å². The van der Waals surface area contributed by atoms with Crippen LogP contribution in [0.25, 0.3) is 0 Å². The van der Waals surface area contributed by atoms with E-state index in [4.69, 9.17) is 9.31 Å². The van der Waals surface area contributed by atoms with E-state index in [9.17, 15) is 8.78 Å². The van der Waals surface area contributed by atoms with E-state index in [1.807, 2.05) is 0 Å². The maximum absolute atomic E-state index is 13.9. The molecule has 2 bridgehead atoms. The van der Waals surface area contributed by atoms with Crippen molar-refractivity contribution < 1.29 is 18.1 Å². The highest BCUT2D eigenvalue weighted by Gasteiger charge is 2.76. The first-order chi connectivity index (χ1) is 10.6. The molecule has 0 radical (unpaired) electrons. The summed E-state index contributed by atoms with van der Waals surface area (Å²) in [6.07, 6.45) is 3.28. The van der Waals surface area contributed by atoms with Crippen molar-refractivity contribution in [1.82, 2.24) is 0 Å². The van der Waals surface area contributed by atoms with Crippen molar-refractivity contribution in [2.45, 2.75) is 69.9 Å². The quantitative estimate of drug-likeness (QED) is 0.762. The lowest BCUT2D eigenvalue weighted by Gasteiger charge is -2.71. The van der Waals surface area contributed by atoms with E-state index in [-0.39, 0.29) is 34.6 Å². The van der Waals surface area contributed by atoms with Crippen LogP contribution in [-0.4, -0.2) is 18.3 Å². The summed E-state index contributed by atoms with van der Waals surface area (Å²) in [5.41, 5.74) is -0.377.